The lowest BCUT2D eigenvalue weighted by Crippen LogP contribution is -2.53. The lowest BCUT2D eigenvalue weighted by atomic mass is 10.1. The number of methoxy groups -OCH3 is 1. The Balaban J connectivity index is 2.06. The Morgan fingerprint density at radius 2 is 1.59 bits per heavy atom. The number of anilines is 1. The third kappa shape index (κ3) is 7.85. The Labute approximate surface area is 242 Å². The molecule has 0 aliphatic heterocycles. The van der Waals surface area contributed by atoms with E-state index in [1.165, 1.54) is 48.4 Å². The summed E-state index contributed by atoms with van der Waals surface area (Å²) in [5.41, 5.74) is 1.88. The fraction of sp³-hybridized carbons (Fsp3) is 0.355. The van der Waals surface area contributed by atoms with Gasteiger partial charge in [0, 0.05) is 12.6 Å². The van der Waals surface area contributed by atoms with E-state index < -0.39 is 34.3 Å². The first-order chi connectivity index (χ1) is 19.5. The van der Waals surface area contributed by atoms with Crippen LogP contribution >= 0.6 is 0 Å². The monoisotopic (exact) mass is 583 g/mol. The number of nitrogens with zero attached hydrogens (tertiary/aromatic N) is 2. The number of rotatable bonds is 13. The largest absolute Gasteiger partial charge is 0.497 e. The average Bonchev–Trinajstić information content (AvgIpc) is 2.97. The van der Waals surface area contributed by atoms with E-state index in [-0.39, 0.29) is 29.1 Å². The number of hydrogen-bond acceptors (Lipinski definition) is 5. The second kappa shape index (κ2) is 14.1. The molecule has 10 heteroatoms. The molecule has 0 radical (unpaired) electrons. The van der Waals surface area contributed by atoms with Crippen molar-refractivity contribution in [2.75, 3.05) is 18.0 Å². The molecule has 0 unspecified atom stereocenters. The van der Waals surface area contributed by atoms with Crippen molar-refractivity contribution < 1.29 is 27.1 Å². The van der Waals surface area contributed by atoms with E-state index in [1.807, 2.05) is 52.0 Å². The number of amides is 2. The van der Waals surface area contributed by atoms with Crippen LogP contribution in [0, 0.1) is 12.7 Å². The van der Waals surface area contributed by atoms with E-state index in [0.717, 1.165) is 27.6 Å². The smallest absolute Gasteiger partial charge is 0.264 e. The van der Waals surface area contributed by atoms with E-state index in [1.54, 1.807) is 0 Å². The first kappa shape index (κ1) is 31.6. The fourth-order valence-electron chi connectivity index (χ4n) is 4.34. The van der Waals surface area contributed by atoms with Gasteiger partial charge in [0.05, 0.1) is 17.7 Å². The summed E-state index contributed by atoms with van der Waals surface area (Å²) in [6, 6.07) is 17.3. The predicted molar refractivity (Wildman–Crippen MR) is 158 cm³/mol. The van der Waals surface area contributed by atoms with Crippen LogP contribution in [0.2, 0.25) is 0 Å². The Hall–Kier alpha value is -3.92. The van der Waals surface area contributed by atoms with Gasteiger partial charge in [-0.05, 0) is 86.3 Å². The quantitative estimate of drug-likeness (QED) is 0.304. The van der Waals surface area contributed by atoms with Crippen molar-refractivity contribution in [3.8, 4) is 5.75 Å². The van der Waals surface area contributed by atoms with Crippen LogP contribution in [0.15, 0.2) is 77.7 Å². The number of aryl methyl sites for hydroxylation is 1. The maximum absolute atomic E-state index is 14.1. The molecule has 41 heavy (non-hydrogen) atoms. The van der Waals surface area contributed by atoms with Gasteiger partial charge in [-0.1, -0.05) is 38.1 Å². The van der Waals surface area contributed by atoms with Gasteiger partial charge >= 0.3 is 0 Å². The van der Waals surface area contributed by atoms with Crippen molar-refractivity contribution in [1.29, 1.82) is 0 Å². The minimum atomic E-state index is -4.27. The van der Waals surface area contributed by atoms with Crippen molar-refractivity contribution in [2.45, 2.75) is 64.1 Å². The molecule has 0 aliphatic rings. The van der Waals surface area contributed by atoms with Crippen LogP contribution in [0.3, 0.4) is 0 Å². The van der Waals surface area contributed by atoms with E-state index in [2.05, 4.69) is 5.32 Å². The number of ether oxygens (including phenoxy) is 1. The molecule has 0 saturated heterocycles. The molecule has 0 aromatic heterocycles. The summed E-state index contributed by atoms with van der Waals surface area (Å²) in [6.45, 7) is 7.07. The molecule has 220 valence electrons. The molecule has 8 nitrogen and oxygen atoms in total. The molecule has 2 atom stereocenters. The van der Waals surface area contributed by atoms with E-state index >= 15 is 0 Å². The van der Waals surface area contributed by atoms with Crippen molar-refractivity contribution >= 4 is 27.5 Å². The standard InChI is InChI=1S/C31H38FN3O5S/c1-6-23(4)33-31(37)29(7-2)34(20-24-11-9-8-10-22(24)3)30(36)21-35(26-14-12-25(32)13-15-26)41(38,39)28-18-16-27(40-5)17-19-28/h8-19,23,29H,6-7,20-21H2,1-5H3,(H,33,37)/t23-,29+/m1/s1. The Kier molecular flexibility index (Phi) is 10.9. The molecule has 3 rings (SSSR count). The summed E-state index contributed by atoms with van der Waals surface area (Å²) < 4.78 is 47.7. The molecule has 3 aromatic carbocycles. The molecule has 0 aliphatic carbocycles. The molecule has 0 heterocycles. The summed E-state index contributed by atoms with van der Waals surface area (Å²) in [5.74, 6) is -0.956. The lowest BCUT2D eigenvalue weighted by Gasteiger charge is -2.34. The van der Waals surface area contributed by atoms with Crippen LogP contribution < -0.4 is 14.4 Å². The topological polar surface area (TPSA) is 96.0 Å². The molecule has 0 bridgehead atoms. The highest BCUT2D eigenvalue weighted by molar-refractivity contribution is 7.92. The van der Waals surface area contributed by atoms with Crippen LogP contribution in [0.4, 0.5) is 10.1 Å². The van der Waals surface area contributed by atoms with Crippen LogP contribution in [-0.2, 0) is 26.2 Å². The number of carbonyl (C=O) groups excluding carboxylic acids is 2. The van der Waals surface area contributed by atoms with Crippen molar-refractivity contribution in [1.82, 2.24) is 10.2 Å². The number of nitrogens with one attached hydrogen (secondary N) is 1. The Bertz CT molecular complexity index is 1430. The van der Waals surface area contributed by atoms with Gasteiger partial charge in [-0.3, -0.25) is 13.9 Å². The van der Waals surface area contributed by atoms with Crippen molar-refractivity contribution in [3.05, 3.63) is 89.7 Å². The van der Waals surface area contributed by atoms with Gasteiger partial charge in [-0.2, -0.15) is 0 Å². The summed E-state index contributed by atoms with van der Waals surface area (Å²) in [6.07, 6.45) is 1.04. The zero-order valence-corrected chi connectivity index (χ0v) is 24.9. The van der Waals surface area contributed by atoms with E-state index in [9.17, 15) is 22.4 Å². The second-order valence-electron chi connectivity index (χ2n) is 9.85. The highest BCUT2D eigenvalue weighted by atomic mass is 32.2. The van der Waals surface area contributed by atoms with Gasteiger partial charge in [-0.15, -0.1) is 0 Å². The molecule has 1 N–H and O–H groups in total. The summed E-state index contributed by atoms with van der Waals surface area (Å²) in [5, 5.41) is 2.96. The highest BCUT2D eigenvalue weighted by Gasteiger charge is 2.34. The zero-order valence-electron chi connectivity index (χ0n) is 24.1. The molecule has 0 spiro atoms. The SMILES string of the molecule is CC[C@@H](C)NC(=O)[C@H](CC)N(Cc1ccccc1C)C(=O)CN(c1ccc(F)cc1)S(=O)(=O)c1ccc(OC)cc1. The maximum atomic E-state index is 14.1. The number of halogens is 1. The number of hydrogen-bond donors (Lipinski definition) is 1. The van der Waals surface area contributed by atoms with Gasteiger partial charge in [0.15, 0.2) is 0 Å². The van der Waals surface area contributed by atoms with Gasteiger partial charge in [0.1, 0.15) is 24.2 Å². The first-order valence-corrected chi connectivity index (χ1v) is 15.0. The summed E-state index contributed by atoms with van der Waals surface area (Å²) in [7, 11) is -2.80. The van der Waals surface area contributed by atoms with Gasteiger partial charge in [0.25, 0.3) is 10.0 Å². The average molecular weight is 584 g/mol. The summed E-state index contributed by atoms with van der Waals surface area (Å²) >= 11 is 0. The van der Waals surface area contributed by atoms with Crippen LogP contribution in [-0.4, -0.2) is 50.9 Å². The van der Waals surface area contributed by atoms with Gasteiger partial charge in [-0.25, -0.2) is 12.8 Å². The third-order valence-electron chi connectivity index (χ3n) is 7.03. The molecule has 3 aromatic rings. The van der Waals surface area contributed by atoms with E-state index in [4.69, 9.17) is 4.74 Å². The van der Waals surface area contributed by atoms with Crippen LogP contribution in [0.1, 0.15) is 44.7 Å². The normalized spacial score (nSPS) is 12.7. The molecule has 2 amide bonds. The molecular weight excluding hydrogens is 545 g/mol. The fourth-order valence-corrected chi connectivity index (χ4v) is 5.76. The van der Waals surface area contributed by atoms with Crippen molar-refractivity contribution in [3.63, 3.8) is 0 Å². The number of sulfonamides is 1. The second-order valence-corrected chi connectivity index (χ2v) is 11.7. The lowest BCUT2D eigenvalue weighted by molar-refractivity contribution is -0.140. The van der Waals surface area contributed by atoms with E-state index in [0.29, 0.717) is 18.6 Å². The molecular formula is C31H38FN3O5S. The third-order valence-corrected chi connectivity index (χ3v) is 8.82. The Morgan fingerprint density at radius 3 is 2.15 bits per heavy atom. The minimum absolute atomic E-state index is 0.0672. The summed E-state index contributed by atoms with van der Waals surface area (Å²) in [4.78, 5) is 28.8. The van der Waals surface area contributed by atoms with Crippen molar-refractivity contribution in [2.24, 2.45) is 0 Å². The van der Waals surface area contributed by atoms with Crippen LogP contribution in [0.25, 0.3) is 0 Å². The van der Waals surface area contributed by atoms with Gasteiger partial charge < -0.3 is 15.0 Å². The number of carbonyl (C=O) groups is 2. The zero-order chi connectivity index (χ0) is 30.2. The predicted octanol–water partition coefficient (Wildman–Crippen LogP) is 5.06. The first-order valence-electron chi connectivity index (χ1n) is 13.6. The molecule has 0 fully saturated rings. The van der Waals surface area contributed by atoms with Crippen LogP contribution in [0.5, 0.6) is 5.75 Å². The van der Waals surface area contributed by atoms with Gasteiger partial charge in [0.2, 0.25) is 11.8 Å². The highest BCUT2D eigenvalue weighted by Crippen LogP contribution is 2.26. The maximum Gasteiger partial charge on any atom is 0.264 e. The Morgan fingerprint density at radius 1 is 0.951 bits per heavy atom. The minimum Gasteiger partial charge on any atom is -0.497 e. The number of benzene rings is 3. The molecule has 0 saturated carbocycles.